The lowest BCUT2D eigenvalue weighted by molar-refractivity contribution is -0.870. The summed E-state index contributed by atoms with van der Waals surface area (Å²) in [4.78, 5) is 37.1. The fraction of sp³-hybridized carbons (Fsp3) is 0.627. The van der Waals surface area contributed by atoms with Crippen molar-refractivity contribution in [2.75, 3.05) is 47.5 Å². The van der Waals surface area contributed by atoms with Gasteiger partial charge in [-0.2, -0.15) is 0 Å². The van der Waals surface area contributed by atoms with Gasteiger partial charge in [-0.25, -0.2) is 4.79 Å². The zero-order valence-electron chi connectivity index (χ0n) is 38.3. The molecule has 2 atom stereocenters. The fourth-order valence-corrected chi connectivity index (χ4v) is 5.50. The molecule has 0 spiro atoms. The third kappa shape index (κ3) is 42.3. The SMILES string of the molecule is CC/C=C\C/C=C\C/C=C\C/C=C\C/C=C\C/C=C\CCCCC(=O)OC(COC(=O)CCCCCCC/C=C\C/C=C\CCCC)COC(OCC[N+](C)(C)C)C(=O)O. The van der Waals surface area contributed by atoms with Crippen LogP contribution in [0.1, 0.15) is 149 Å². The lowest BCUT2D eigenvalue weighted by Crippen LogP contribution is -2.40. The van der Waals surface area contributed by atoms with Gasteiger partial charge in [0.2, 0.25) is 0 Å². The van der Waals surface area contributed by atoms with Crippen molar-refractivity contribution in [3.63, 3.8) is 0 Å². The summed E-state index contributed by atoms with van der Waals surface area (Å²) < 4.78 is 22.7. The molecule has 0 heterocycles. The average Bonchev–Trinajstić information content (AvgIpc) is 3.21. The van der Waals surface area contributed by atoms with Crippen molar-refractivity contribution in [2.24, 2.45) is 0 Å². The van der Waals surface area contributed by atoms with Crippen LogP contribution in [0.25, 0.3) is 0 Å². The van der Waals surface area contributed by atoms with E-state index in [2.05, 4.69) is 111 Å². The van der Waals surface area contributed by atoms with Gasteiger partial charge in [-0.1, -0.05) is 143 Å². The first-order chi connectivity index (χ1) is 29.1. The van der Waals surface area contributed by atoms with E-state index in [1.807, 2.05) is 21.1 Å². The molecule has 1 N–H and O–H groups in total. The number of allylic oxidation sites excluding steroid dienone is 16. The van der Waals surface area contributed by atoms with Crippen molar-refractivity contribution < 1.29 is 42.9 Å². The Hall–Kier alpha value is -3.79. The average molecular weight is 839 g/mol. The highest BCUT2D eigenvalue weighted by Crippen LogP contribution is 2.11. The van der Waals surface area contributed by atoms with Gasteiger partial charge >= 0.3 is 17.9 Å². The Kier molecular flexibility index (Phi) is 39.3. The summed E-state index contributed by atoms with van der Waals surface area (Å²) >= 11 is 0. The van der Waals surface area contributed by atoms with Crippen molar-refractivity contribution in [3.8, 4) is 0 Å². The van der Waals surface area contributed by atoms with E-state index in [0.29, 0.717) is 17.4 Å². The molecule has 60 heavy (non-hydrogen) atoms. The third-order valence-electron chi connectivity index (χ3n) is 9.07. The molecule has 0 saturated heterocycles. The van der Waals surface area contributed by atoms with Crippen molar-refractivity contribution in [3.05, 3.63) is 97.2 Å². The van der Waals surface area contributed by atoms with E-state index >= 15 is 0 Å². The van der Waals surface area contributed by atoms with Crippen LogP contribution in [0, 0.1) is 0 Å². The van der Waals surface area contributed by atoms with Gasteiger partial charge in [0.05, 0.1) is 34.4 Å². The number of nitrogens with zero attached hydrogens (tertiary/aromatic N) is 1. The number of rotatable bonds is 40. The minimum Gasteiger partial charge on any atom is -0.477 e. The molecule has 0 bridgehead atoms. The highest BCUT2D eigenvalue weighted by molar-refractivity contribution is 5.71. The van der Waals surface area contributed by atoms with Crippen molar-refractivity contribution in [2.45, 2.75) is 161 Å². The smallest absolute Gasteiger partial charge is 0.361 e. The number of hydrogen-bond donors (Lipinski definition) is 1. The standard InChI is InChI=1S/C51H83NO8/c1-6-8-10-12-14-16-18-20-22-23-24-25-26-27-28-30-32-34-36-38-40-42-49(54)60-47(46-59-51(50(55)56)57-44-43-52(3,4)5)45-58-48(53)41-39-37-35-33-31-29-21-19-17-15-13-11-9-7-2/h8,10,13-16,19-22,24-25,27-28,32,34,47,51H,6-7,9,11-12,17-18,23,26,29-31,33,35-46H2,1-5H3/p+1/b10-8-,15-13-,16-14-,21-19-,22-20-,25-24-,28-27-,34-32-. The molecular weight excluding hydrogens is 755 g/mol. The molecule has 0 fully saturated rings. The van der Waals surface area contributed by atoms with E-state index < -0.39 is 24.3 Å². The quantitative estimate of drug-likeness (QED) is 0.0214. The summed E-state index contributed by atoms with van der Waals surface area (Å²) in [5.41, 5.74) is 0. The number of ether oxygens (including phenoxy) is 4. The van der Waals surface area contributed by atoms with Crippen LogP contribution in [0.4, 0.5) is 0 Å². The molecule has 0 amide bonds. The van der Waals surface area contributed by atoms with Crippen LogP contribution in [0.3, 0.4) is 0 Å². The zero-order valence-corrected chi connectivity index (χ0v) is 38.3. The van der Waals surface area contributed by atoms with Gasteiger partial charge in [-0.3, -0.25) is 9.59 Å². The molecule has 340 valence electrons. The van der Waals surface area contributed by atoms with E-state index in [1.165, 1.54) is 12.8 Å². The summed E-state index contributed by atoms with van der Waals surface area (Å²) in [6.45, 7) is 4.61. The van der Waals surface area contributed by atoms with Gasteiger partial charge in [0.25, 0.3) is 6.29 Å². The number of aliphatic carboxylic acids is 1. The van der Waals surface area contributed by atoms with E-state index in [9.17, 15) is 19.5 Å². The minimum atomic E-state index is -1.53. The molecule has 0 radical (unpaired) electrons. The van der Waals surface area contributed by atoms with Crippen molar-refractivity contribution in [1.29, 1.82) is 0 Å². The summed E-state index contributed by atoms with van der Waals surface area (Å²) in [5, 5.41) is 9.64. The predicted octanol–water partition coefficient (Wildman–Crippen LogP) is 12.3. The molecule has 9 heteroatoms. The van der Waals surface area contributed by atoms with Crippen LogP contribution in [0.5, 0.6) is 0 Å². The first kappa shape index (κ1) is 56.2. The molecule has 2 unspecified atom stereocenters. The molecular formula is C51H84NO8+. The second kappa shape index (κ2) is 41.9. The molecule has 0 aromatic rings. The maximum atomic E-state index is 12.8. The maximum Gasteiger partial charge on any atom is 0.361 e. The molecule has 9 nitrogen and oxygen atoms in total. The third-order valence-corrected chi connectivity index (χ3v) is 9.07. The number of carboxylic acids is 1. The second-order valence-electron chi connectivity index (χ2n) is 16.0. The predicted molar refractivity (Wildman–Crippen MR) is 248 cm³/mol. The number of carbonyl (C=O) groups excluding carboxylic acids is 2. The first-order valence-electron chi connectivity index (χ1n) is 22.9. The van der Waals surface area contributed by atoms with Gasteiger partial charge in [-0.05, 0) is 89.9 Å². The molecule has 0 aliphatic carbocycles. The first-order valence-corrected chi connectivity index (χ1v) is 22.9. The van der Waals surface area contributed by atoms with Gasteiger partial charge in [-0.15, -0.1) is 0 Å². The maximum absolute atomic E-state index is 12.8. The Bertz CT molecular complexity index is 1300. The highest BCUT2D eigenvalue weighted by atomic mass is 16.7. The number of hydrogen-bond acceptors (Lipinski definition) is 7. The summed E-state index contributed by atoms with van der Waals surface area (Å²) in [7, 11) is 5.92. The lowest BCUT2D eigenvalue weighted by Gasteiger charge is -2.25. The monoisotopic (exact) mass is 839 g/mol. The van der Waals surface area contributed by atoms with Crippen LogP contribution < -0.4 is 0 Å². The number of esters is 2. The minimum absolute atomic E-state index is 0.171. The van der Waals surface area contributed by atoms with Gasteiger partial charge in [0.15, 0.2) is 6.10 Å². The normalized spacial score (nSPS) is 13.8. The summed E-state index contributed by atoms with van der Waals surface area (Å²) in [5.74, 6) is -2.10. The number of carbonyl (C=O) groups is 3. The largest absolute Gasteiger partial charge is 0.477 e. The van der Waals surface area contributed by atoms with E-state index in [4.69, 9.17) is 18.9 Å². The zero-order chi connectivity index (χ0) is 44.2. The van der Waals surface area contributed by atoms with Crippen LogP contribution in [-0.2, 0) is 33.3 Å². The van der Waals surface area contributed by atoms with Crippen LogP contribution >= 0.6 is 0 Å². The van der Waals surface area contributed by atoms with Crippen LogP contribution in [-0.4, -0.2) is 87.4 Å². The lowest BCUT2D eigenvalue weighted by atomic mass is 10.1. The number of unbranched alkanes of at least 4 members (excludes halogenated alkanes) is 9. The summed E-state index contributed by atoms with van der Waals surface area (Å²) in [6.07, 6.45) is 51.8. The number of carboxylic acid groups (broad SMARTS) is 1. The van der Waals surface area contributed by atoms with Crippen LogP contribution in [0.15, 0.2) is 97.2 Å². The molecule has 0 aliphatic rings. The van der Waals surface area contributed by atoms with Gasteiger partial charge in [0.1, 0.15) is 13.2 Å². The molecule has 0 aromatic heterocycles. The number of quaternary nitrogens is 1. The van der Waals surface area contributed by atoms with E-state index in [0.717, 1.165) is 103 Å². The molecule has 0 rings (SSSR count). The van der Waals surface area contributed by atoms with Crippen LogP contribution in [0.2, 0.25) is 0 Å². The Labute approximate surface area is 365 Å². The Balaban J connectivity index is 4.56. The van der Waals surface area contributed by atoms with Gasteiger partial charge < -0.3 is 28.5 Å². The summed E-state index contributed by atoms with van der Waals surface area (Å²) in [6, 6.07) is 0. The second-order valence-corrected chi connectivity index (χ2v) is 16.0. The molecule has 0 aromatic carbocycles. The Morgan fingerprint density at radius 2 is 0.950 bits per heavy atom. The molecule has 0 aliphatic heterocycles. The highest BCUT2D eigenvalue weighted by Gasteiger charge is 2.25. The van der Waals surface area contributed by atoms with Crippen molar-refractivity contribution >= 4 is 17.9 Å². The van der Waals surface area contributed by atoms with Gasteiger partial charge in [0, 0.05) is 12.8 Å². The molecule has 0 saturated carbocycles. The van der Waals surface area contributed by atoms with E-state index in [1.54, 1.807) is 0 Å². The Morgan fingerprint density at radius 1 is 0.517 bits per heavy atom. The van der Waals surface area contributed by atoms with Crippen molar-refractivity contribution in [1.82, 2.24) is 0 Å². The topological polar surface area (TPSA) is 108 Å². The fourth-order valence-electron chi connectivity index (χ4n) is 5.50. The van der Waals surface area contributed by atoms with E-state index in [-0.39, 0.29) is 38.6 Å². The Morgan fingerprint density at radius 3 is 1.45 bits per heavy atom. The number of likely N-dealkylation sites (N-methyl/N-ethyl adjacent to an activating group) is 1.